The molecule has 0 amide bonds. The molecule has 0 saturated carbocycles. The molecule has 0 unspecified atom stereocenters. The first-order valence-corrected chi connectivity index (χ1v) is 5.78. The number of aryl methyl sites for hydroxylation is 1. The van der Waals surface area contributed by atoms with Crippen LogP contribution in [0.25, 0.3) is 11.7 Å². The van der Waals surface area contributed by atoms with E-state index in [0.29, 0.717) is 17.5 Å². The molecule has 5 heteroatoms. The lowest BCUT2D eigenvalue weighted by molar-refractivity contribution is 0.348. The fraction of sp³-hybridized carbons (Fsp3) is 0.500. The summed E-state index contributed by atoms with van der Waals surface area (Å²) in [7, 11) is 0. The monoisotopic (exact) mass is 235 g/mol. The van der Waals surface area contributed by atoms with Gasteiger partial charge in [-0.15, -0.1) is 0 Å². The molecule has 0 bridgehead atoms. The van der Waals surface area contributed by atoms with E-state index < -0.39 is 5.54 Å². The van der Waals surface area contributed by atoms with Gasteiger partial charge in [-0.3, -0.25) is 0 Å². The highest BCUT2D eigenvalue weighted by molar-refractivity contribution is 5.49. The average molecular weight is 235 g/mol. The van der Waals surface area contributed by atoms with Crippen molar-refractivity contribution < 1.29 is 8.94 Å². The predicted molar refractivity (Wildman–Crippen MR) is 63.2 cm³/mol. The summed E-state index contributed by atoms with van der Waals surface area (Å²) in [6, 6.07) is 1.86. The van der Waals surface area contributed by atoms with Crippen LogP contribution in [0.4, 0.5) is 0 Å². The van der Waals surface area contributed by atoms with Crippen LogP contribution in [0, 0.1) is 6.92 Å². The molecule has 2 heterocycles. The highest BCUT2D eigenvalue weighted by atomic mass is 16.5. The summed E-state index contributed by atoms with van der Waals surface area (Å²) in [5, 5.41) is 3.96. The second-order valence-electron chi connectivity index (χ2n) is 4.22. The van der Waals surface area contributed by atoms with Gasteiger partial charge in [0.05, 0.1) is 11.8 Å². The summed E-state index contributed by atoms with van der Waals surface area (Å²) in [4.78, 5) is 4.33. The van der Waals surface area contributed by atoms with Gasteiger partial charge >= 0.3 is 0 Å². The van der Waals surface area contributed by atoms with E-state index >= 15 is 0 Å². The molecule has 92 valence electrons. The van der Waals surface area contributed by atoms with E-state index in [1.54, 1.807) is 6.26 Å². The zero-order valence-electron chi connectivity index (χ0n) is 10.4. The van der Waals surface area contributed by atoms with Gasteiger partial charge in [0.25, 0.3) is 5.89 Å². The Bertz CT molecular complexity index is 497. The summed E-state index contributed by atoms with van der Waals surface area (Å²) in [6.45, 7) is 5.95. The van der Waals surface area contributed by atoms with Crippen molar-refractivity contribution in [1.82, 2.24) is 10.1 Å². The molecule has 2 aromatic rings. The number of hydrogen-bond acceptors (Lipinski definition) is 5. The van der Waals surface area contributed by atoms with Crippen molar-refractivity contribution in [3.63, 3.8) is 0 Å². The lowest BCUT2D eigenvalue weighted by Crippen LogP contribution is -2.36. The molecule has 2 aromatic heterocycles. The van der Waals surface area contributed by atoms with Crippen molar-refractivity contribution in [2.24, 2.45) is 5.73 Å². The van der Waals surface area contributed by atoms with Crippen molar-refractivity contribution in [2.75, 3.05) is 0 Å². The number of nitrogens with two attached hydrogens (primary N) is 1. The molecule has 0 atom stereocenters. The van der Waals surface area contributed by atoms with Gasteiger partial charge in [0.15, 0.2) is 11.6 Å². The average Bonchev–Trinajstić information content (AvgIpc) is 2.96. The second-order valence-corrected chi connectivity index (χ2v) is 4.22. The summed E-state index contributed by atoms with van der Waals surface area (Å²) < 4.78 is 10.5. The molecule has 17 heavy (non-hydrogen) atoms. The van der Waals surface area contributed by atoms with E-state index in [4.69, 9.17) is 14.7 Å². The zero-order valence-corrected chi connectivity index (χ0v) is 10.4. The predicted octanol–water partition coefficient (Wildman–Crippen LogP) is 2.61. The van der Waals surface area contributed by atoms with Crippen molar-refractivity contribution in [1.29, 1.82) is 0 Å². The van der Waals surface area contributed by atoms with Crippen molar-refractivity contribution >= 4 is 0 Å². The Morgan fingerprint density at radius 3 is 2.59 bits per heavy atom. The van der Waals surface area contributed by atoms with Crippen molar-refractivity contribution in [3.05, 3.63) is 23.7 Å². The van der Waals surface area contributed by atoms with Gasteiger partial charge in [-0.2, -0.15) is 4.98 Å². The molecule has 0 fully saturated rings. The van der Waals surface area contributed by atoms with Crippen LogP contribution in [0.15, 0.2) is 21.3 Å². The van der Waals surface area contributed by atoms with Gasteiger partial charge in [0.1, 0.15) is 0 Å². The van der Waals surface area contributed by atoms with E-state index in [-0.39, 0.29) is 0 Å². The first kappa shape index (κ1) is 11.9. The van der Waals surface area contributed by atoms with Gasteiger partial charge in [-0.1, -0.05) is 19.0 Å². The molecule has 2 rings (SSSR count). The summed E-state index contributed by atoms with van der Waals surface area (Å²) in [5.41, 5.74) is 6.65. The molecule has 0 saturated heterocycles. The molecule has 0 spiro atoms. The number of hydrogen-bond donors (Lipinski definition) is 1. The number of rotatable bonds is 4. The first-order valence-electron chi connectivity index (χ1n) is 5.78. The fourth-order valence-electron chi connectivity index (χ4n) is 1.68. The van der Waals surface area contributed by atoms with Gasteiger partial charge in [-0.25, -0.2) is 0 Å². The second kappa shape index (κ2) is 4.33. The molecule has 5 nitrogen and oxygen atoms in total. The van der Waals surface area contributed by atoms with Gasteiger partial charge in [0, 0.05) is 5.56 Å². The quantitative estimate of drug-likeness (QED) is 0.881. The van der Waals surface area contributed by atoms with E-state index in [1.807, 2.05) is 26.8 Å². The molecule has 0 radical (unpaired) electrons. The molecular formula is C12H17N3O2. The van der Waals surface area contributed by atoms with Crippen molar-refractivity contribution in [3.8, 4) is 11.7 Å². The van der Waals surface area contributed by atoms with Gasteiger partial charge in [0.2, 0.25) is 0 Å². The van der Waals surface area contributed by atoms with Crippen LogP contribution in [0.3, 0.4) is 0 Å². The zero-order chi connectivity index (χ0) is 12.5. The fourth-order valence-corrected chi connectivity index (χ4v) is 1.68. The summed E-state index contributed by atoms with van der Waals surface area (Å²) in [6.07, 6.45) is 3.13. The van der Waals surface area contributed by atoms with E-state index in [2.05, 4.69) is 10.1 Å². The normalized spacial score (nSPS) is 12.0. The van der Waals surface area contributed by atoms with E-state index in [9.17, 15) is 0 Å². The van der Waals surface area contributed by atoms with Crippen LogP contribution in [0.1, 0.15) is 38.1 Å². The SMILES string of the molecule is CCC(N)(CC)c1noc(-c2occc2C)n1. The number of furan rings is 1. The summed E-state index contributed by atoms with van der Waals surface area (Å²) in [5.74, 6) is 1.53. The van der Waals surface area contributed by atoms with Crippen LogP contribution < -0.4 is 5.73 Å². The van der Waals surface area contributed by atoms with Crippen LogP contribution in [0.5, 0.6) is 0 Å². The Hall–Kier alpha value is -1.62. The highest BCUT2D eigenvalue weighted by Gasteiger charge is 2.29. The third kappa shape index (κ3) is 1.98. The summed E-state index contributed by atoms with van der Waals surface area (Å²) >= 11 is 0. The topological polar surface area (TPSA) is 78.1 Å². The maximum atomic E-state index is 6.21. The van der Waals surface area contributed by atoms with Crippen LogP contribution in [-0.2, 0) is 5.54 Å². The van der Waals surface area contributed by atoms with Crippen LogP contribution in [0.2, 0.25) is 0 Å². The Labute approximate surface area is 100.0 Å². The third-order valence-corrected chi connectivity index (χ3v) is 3.19. The molecule has 0 aliphatic rings. The molecule has 2 N–H and O–H groups in total. The number of aromatic nitrogens is 2. The Morgan fingerprint density at radius 1 is 1.35 bits per heavy atom. The van der Waals surface area contributed by atoms with Gasteiger partial charge < -0.3 is 14.7 Å². The lowest BCUT2D eigenvalue weighted by Gasteiger charge is -2.21. The minimum Gasteiger partial charge on any atom is -0.459 e. The first-order chi connectivity index (χ1) is 8.10. The largest absolute Gasteiger partial charge is 0.459 e. The van der Waals surface area contributed by atoms with Crippen LogP contribution in [-0.4, -0.2) is 10.1 Å². The minimum atomic E-state index is -0.526. The Balaban J connectivity index is 2.37. The Morgan fingerprint density at radius 2 is 2.06 bits per heavy atom. The highest BCUT2D eigenvalue weighted by Crippen LogP contribution is 2.27. The molecule has 0 aliphatic carbocycles. The standard InChI is InChI=1S/C12H17N3O2/c1-4-12(13,5-2)11-14-10(17-15-11)9-8(3)6-7-16-9/h6-7H,4-5,13H2,1-3H3. The molecule has 0 aromatic carbocycles. The maximum Gasteiger partial charge on any atom is 0.293 e. The smallest absolute Gasteiger partial charge is 0.293 e. The van der Waals surface area contributed by atoms with E-state index in [1.165, 1.54) is 0 Å². The Kier molecular flexibility index (Phi) is 3.02. The van der Waals surface area contributed by atoms with Crippen molar-refractivity contribution in [2.45, 2.75) is 39.2 Å². The molecule has 0 aliphatic heterocycles. The van der Waals surface area contributed by atoms with Gasteiger partial charge in [-0.05, 0) is 25.8 Å². The van der Waals surface area contributed by atoms with Crippen LogP contribution >= 0.6 is 0 Å². The molecular weight excluding hydrogens is 218 g/mol. The number of nitrogens with zero attached hydrogens (tertiary/aromatic N) is 2. The lowest BCUT2D eigenvalue weighted by atomic mass is 9.93. The maximum absolute atomic E-state index is 6.21. The minimum absolute atomic E-state index is 0.388. The third-order valence-electron chi connectivity index (χ3n) is 3.19. The van der Waals surface area contributed by atoms with E-state index in [0.717, 1.165) is 18.4 Å².